The second kappa shape index (κ2) is 8.73. The molecule has 2 aromatic heterocycles. The Morgan fingerprint density at radius 1 is 0.913 bits per heavy atom. The number of rotatable bonds is 8. The van der Waals surface area contributed by atoms with Gasteiger partial charge in [-0.1, -0.05) is 13.8 Å². The standard InChI is InChI=1S/C17H23N5O/c1-3-9-18-14-6-8-16(21-12-14)22-17(23)13-5-7-15(20-11-13)19-10-4-2/h5-8,11-12,18H,3-4,9-10H2,1-2H3,(H,19,20)(H,21,22,23). The second-order valence-electron chi connectivity index (χ2n) is 5.17. The molecule has 2 aromatic rings. The summed E-state index contributed by atoms with van der Waals surface area (Å²) in [4.78, 5) is 20.6. The molecule has 23 heavy (non-hydrogen) atoms. The predicted molar refractivity (Wildman–Crippen MR) is 94.0 cm³/mol. The Morgan fingerprint density at radius 2 is 1.61 bits per heavy atom. The maximum Gasteiger partial charge on any atom is 0.258 e. The van der Waals surface area contributed by atoms with Crippen molar-refractivity contribution in [3.05, 3.63) is 42.2 Å². The molecule has 2 rings (SSSR count). The molecule has 0 aliphatic rings. The molecule has 0 saturated heterocycles. The summed E-state index contributed by atoms with van der Waals surface area (Å²) in [6.45, 7) is 5.95. The van der Waals surface area contributed by atoms with Gasteiger partial charge in [0.05, 0.1) is 17.4 Å². The number of anilines is 3. The van der Waals surface area contributed by atoms with Crippen LogP contribution in [0.25, 0.3) is 0 Å². The summed E-state index contributed by atoms with van der Waals surface area (Å²) in [6, 6.07) is 7.22. The lowest BCUT2D eigenvalue weighted by Crippen LogP contribution is -2.13. The maximum atomic E-state index is 12.2. The fourth-order valence-electron chi connectivity index (χ4n) is 1.92. The number of pyridine rings is 2. The van der Waals surface area contributed by atoms with E-state index >= 15 is 0 Å². The molecule has 0 aliphatic heterocycles. The Bertz CT molecular complexity index is 610. The Hall–Kier alpha value is -2.63. The lowest BCUT2D eigenvalue weighted by atomic mass is 10.2. The molecule has 0 radical (unpaired) electrons. The first-order valence-electron chi connectivity index (χ1n) is 7.94. The zero-order valence-electron chi connectivity index (χ0n) is 13.6. The number of aromatic nitrogens is 2. The number of hydrogen-bond donors (Lipinski definition) is 3. The van der Waals surface area contributed by atoms with E-state index in [2.05, 4.69) is 39.8 Å². The van der Waals surface area contributed by atoms with E-state index in [1.807, 2.05) is 6.07 Å². The molecule has 0 aliphatic carbocycles. The van der Waals surface area contributed by atoms with E-state index in [9.17, 15) is 4.79 Å². The van der Waals surface area contributed by atoms with Gasteiger partial charge in [-0.15, -0.1) is 0 Å². The third kappa shape index (κ3) is 5.25. The van der Waals surface area contributed by atoms with Gasteiger partial charge in [0.15, 0.2) is 0 Å². The second-order valence-corrected chi connectivity index (χ2v) is 5.17. The number of carbonyl (C=O) groups excluding carboxylic acids is 1. The molecule has 0 spiro atoms. The average Bonchev–Trinajstić information content (AvgIpc) is 2.59. The molecule has 0 unspecified atom stereocenters. The van der Waals surface area contributed by atoms with Crippen LogP contribution < -0.4 is 16.0 Å². The van der Waals surface area contributed by atoms with Gasteiger partial charge in [-0.3, -0.25) is 4.79 Å². The average molecular weight is 313 g/mol. The summed E-state index contributed by atoms with van der Waals surface area (Å²) < 4.78 is 0. The molecule has 0 bridgehead atoms. The highest BCUT2D eigenvalue weighted by molar-refractivity contribution is 6.03. The van der Waals surface area contributed by atoms with Crippen LogP contribution in [0.1, 0.15) is 37.0 Å². The monoisotopic (exact) mass is 313 g/mol. The molecule has 0 aromatic carbocycles. The zero-order chi connectivity index (χ0) is 16.5. The number of nitrogens with zero attached hydrogens (tertiary/aromatic N) is 2. The van der Waals surface area contributed by atoms with E-state index in [1.54, 1.807) is 30.6 Å². The van der Waals surface area contributed by atoms with Crippen LogP contribution in [0.15, 0.2) is 36.7 Å². The molecule has 1 amide bonds. The molecule has 2 heterocycles. The summed E-state index contributed by atoms with van der Waals surface area (Å²) >= 11 is 0. The van der Waals surface area contributed by atoms with Gasteiger partial charge < -0.3 is 16.0 Å². The van der Waals surface area contributed by atoms with Crippen molar-refractivity contribution in [3.8, 4) is 0 Å². The first kappa shape index (κ1) is 16.7. The first-order valence-corrected chi connectivity index (χ1v) is 7.94. The van der Waals surface area contributed by atoms with Gasteiger partial charge in [0.25, 0.3) is 5.91 Å². The quantitative estimate of drug-likeness (QED) is 0.696. The van der Waals surface area contributed by atoms with Crippen LogP contribution in [0.3, 0.4) is 0 Å². The summed E-state index contributed by atoms with van der Waals surface area (Å²) in [5.41, 5.74) is 1.44. The minimum Gasteiger partial charge on any atom is -0.384 e. The third-order valence-corrected chi connectivity index (χ3v) is 3.17. The number of amides is 1. The molecule has 0 atom stereocenters. The Kier molecular flexibility index (Phi) is 6.35. The van der Waals surface area contributed by atoms with Crippen LogP contribution in [0.4, 0.5) is 17.3 Å². The van der Waals surface area contributed by atoms with Gasteiger partial charge in [-0.2, -0.15) is 0 Å². The van der Waals surface area contributed by atoms with Gasteiger partial charge in [0, 0.05) is 19.3 Å². The van der Waals surface area contributed by atoms with Crippen LogP contribution in [0, 0.1) is 0 Å². The van der Waals surface area contributed by atoms with Crippen molar-refractivity contribution < 1.29 is 4.79 Å². The fourth-order valence-corrected chi connectivity index (χ4v) is 1.92. The molecule has 6 heteroatoms. The molecule has 6 nitrogen and oxygen atoms in total. The van der Waals surface area contributed by atoms with Crippen molar-refractivity contribution in [3.63, 3.8) is 0 Å². The molecule has 122 valence electrons. The van der Waals surface area contributed by atoms with Crippen molar-refractivity contribution in [1.29, 1.82) is 0 Å². The largest absolute Gasteiger partial charge is 0.384 e. The summed E-state index contributed by atoms with van der Waals surface area (Å²) in [7, 11) is 0. The van der Waals surface area contributed by atoms with E-state index in [0.717, 1.165) is 37.4 Å². The number of hydrogen-bond acceptors (Lipinski definition) is 5. The fraction of sp³-hybridized carbons (Fsp3) is 0.353. The minimum absolute atomic E-state index is 0.221. The van der Waals surface area contributed by atoms with Crippen molar-refractivity contribution in [1.82, 2.24) is 9.97 Å². The van der Waals surface area contributed by atoms with Gasteiger partial charge in [-0.25, -0.2) is 9.97 Å². The van der Waals surface area contributed by atoms with Crippen LogP contribution in [-0.2, 0) is 0 Å². The molecule has 0 saturated carbocycles. The van der Waals surface area contributed by atoms with Crippen molar-refractivity contribution in [2.45, 2.75) is 26.7 Å². The highest BCUT2D eigenvalue weighted by atomic mass is 16.1. The van der Waals surface area contributed by atoms with E-state index in [4.69, 9.17) is 0 Å². The van der Waals surface area contributed by atoms with Gasteiger partial charge >= 0.3 is 0 Å². The van der Waals surface area contributed by atoms with Crippen molar-refractivity contribution in [2.75, 3.05) is 29.0 Å². The summed E-state index contributed by atoms with van der Waals surface area (Å²) in [5, 5.41) is 9.17. The van der Waals surface area contributed by atoms with E-state index < -0.39 is 0 Å². The van der Waals surface area contributed by atoms with Gasteiger partial charge in [0.2, 0.25) is 0 Å². The van der Waals surface area contributed by atoms with Gasteiger partial charge in [-0.05, 0) is 37.1 Å². The predicted octanol–water partition coefficient (Wildman–Crippen LogP) is 3.37. The van der Waals surface area contributed by atoms with E-state index in [-0.39, 0.29) is 5.91 Å². The summed E-state index contributed by atoms with van der Waals surface area (Å²) in [5.74, 6) is 1.07. The number of carbonyl (C=O) groups is 1. The lowest BCUT2D eigenvalue weighted by Gasteiger charge is -2.08. The van der Waals surface area contributed by atoms with Crippen LogP contribution in [-0.4, -0.2) is 29.0 Å². The van der Waals surface area contributed by atoms with Crippen LogP contribution in [0.2, 0.25) is 0 Å². The summed E-state index contributed by atoms with van der Waals surface area (Å²) in [6.07, 6.45) is 5.35. The zero-order valence-corrected chi connectivity index (χ0v) is 13.6. The Labute approximate surface area is 136 Å². The lowest BCUT2D eigenvalue weighted by molar-refractivity contribution is 0.102. The normalized spacial score (nSPS) is 10.2. The third-order valence-electron chi connectivity index (χ3n) is 3.17. The van der Waals surface area contributed by atoms with Crippen LogP contribution >= 0.6 is 0 Å². The Morgan fingerprint density at radius 3 is 2.22 bits per heavy atom. The smallest absolute Gasteiger partial charge is 0.258 e. The molecule has 0 fully saturated rings. The number of nitrogens with one attached hydrogen (secondary N) is 3. The topological polar surface area (TPSA) is 78.9 Å². The highest BCUT2D eigenvalue weighted by Crippen LogP contribution is 2.12. The molecular weight excluding hydrogens is 290 g/mol. The van der Waals surface area contributed by atoms with E-state index in [0.29, 0.717) is 11.4 Å². The van der Waals surface area contributed by atoms with Crippen molar-refractivity contribution in [2.24, 2.45) is 0 Å². The first-order chi connectivity index (χ1) is 11.2. The maximum absolute atomic E-state index is 12.2. The molecule has 3 N–H and O–H groups in total. The van der Waals surface area contributed by atoms with Crippen LogP contribution in [0.5, 0.6) is 0 Å². The van der Waals surface area contributed by atoms with E-state index in [1.165, 1.54) is 0 Å². The van der Waals surface area contributed by atoms with Gasteiger partial charge in [0.1, 0.15) is 11.6 Å². The highest BCUT2D eigenvalue weighted by Gasteiger charge is 2.07. The SMILES string of the molecule is CCCNc1ccc(NC(=O)c2ccc(NCCC)nc2)nc1. The minimum atomic E-state index is -0.221. The molecular formula is C17H23N5O. The van der Waals surface area contributed by atoms with Crippen molar-refractivity contribution >= 4 is 23.2 Å². The Balaban J connectivity index is 1.93.